The predicted octanol–water partition coefficient (Wildman–Crippen LogP) is 4.76. The Balaban J connectivity index is 2.11. The van der Waals surface area contributed by atoms with Gasteiger partial charge in [-0.1, -0.05) is 30.7 Å². The third-order valence-corrected chi connectivity index (χ3v) is 5.21. The maximum Gasteiger partial charge on any atom is 0.0667 e. The van der Waals surface area contributed by atoms with Gasteiger partial charge in [0.15, 0.2) is 0 Å². The first-order chi connectivity index (χ1) is 8.20. The molecular formula is C14H16ClNS. The van der Waals surface area contributed by atoms with E-state index in [0.717, 1.165) is 28.7 Å². The van der Waals surface area contributed by atoms with Gasteiger partial charge in [0.05, 0.1) is 17.0 Å². The van der Waals surface area contributed by atoms with E-state index in [1.807, 2.05) is 24.3 Å². The topological polar surface area (TPSA) is 23.8 Å². The number of hydrogen-bond donors (Lipinski definition) is 0. The van der Waals surface area contributed by atoms with Crippen molar-refractivity contribution in [3.8, 4) is 6.07 Å². The molecule has 1 saturated carbocycles. The molecular weight excluding hydrogens is 250 g/mol. The molecule has 1 aromatic carbocycles. The van der Waals surface area contributed by atoms with Crippen LogP contribution in [-0.2, 0) is 0 Å². The van der Waals surface area contributed by atoms with E-state index in [1.165, 1.54) is 6.42 Å². The molecule has 0 radical (unpaired) electrons. The molecule has 1 aromatic rings. The quantitative estimate of drug-likeness (QED) is 0.770. The van der Waals surface area contributed by atoms with E-state index in [0.29, 0.717) is 5.25 Å². The molecule has 3 heteroatoms. The van der Waals surface area contributed by atoms with E-state index in [1.54, 1.807) is 11.8 Å². The number of hydrogen-bond acceptors (Lipinski definition) is 2. The summed E-state index contributed by atoms with van der Waals surface area (Å²) in [5, 5.41) is 10.4. The molecule has 0 aliphatic heterocycles. The van der Waals surface area contributed by atoms with Crippen LogP contribution in [0.1, 0.15) is 26.2 Å². The molecule has 0 bridgehead atoms. The summed E-state index contributed by atoms with van der Waals surface area (Å²) >= 11 is 7.94. The highest BCUT2D eigenvalue weighted by Gasteiger charge is 2.29. The molecule has 1 aliphatic carbocycles. The molecule has 0 aromatic heterocycles. The number of thioether (sulfide) groups is 1. The third-order valence-electron chi connectivity index (χ3n) is 3.33. The fraction of sp³-hybridized carbons (Fsp3) is 0.500. The fourth-order valence-electron chi connectivity index (χ4n) is 2.31. The van der Waals surface area contributed by atoms with Gasteiger partial charge in [0, 0.05) is 10.1 Å². The second kappa shape index (κ2) is 5.80. The van der Waals surface area contributed by atoms with Crippen LogP contribution in [0.25, 0.3) is 0 Å². The van der Waals surface area contributed by atoms with Gasteiger partial charge in [0.1, 0.15) is 0 Å². The van der Waals surface area contributed by atoms with E-state index in [2.05, 4.69) is 13.0 Å². The lowest BCUT2D eigenvalue weighted by molar-refractivity contribution is 0.346. The zero-order valence-corrected chi connectivity index (χ0v) is 11.5. The predicted molar refractivity (Wildman–Crippen MR) is 73.2 cm³/mol. The average Bonchev–Trinajstić information content (AvgIpc) is 2.32. The van der Waals surface area contributed by atoms with Crippen molar-refractivity contribution in [2.75, 3.05) is 0 Å². The van der Waals surface area contributed by atoms with Gasteiger partial charge in [-0.25, -0.2) is 0 Å². The summed E-state index contributed by atoms with van der Waals surface area (Å²) in [6.07, 6.45) is 3.33. The summed E-state index contributed by atoms with van der Waals surface area (Å²) in [7, 11) is 0. The van der Waals surface area contributed by atoms with Crippen molar-refractivity contribution in [3.05, 3.63) is 29.3 Å². The standard InChI is InChI=1S/C14H16ClNS/c1-10-6-7-11(9-16)14(8-10)17-13-5-3-2-4-12(13)15/h2-5,10-11,14H,6-8H2,1H3. The first-order valence-electron chi connectivity index (χ1n) is 6.01. The molecule has 3 atom stereocenters. The maximum atomic E-state index is 9.20. The van der Waals surface area contributed by atoms with E-state index < -0.39 is 0 Å². The molecule has 1 nitrogen and oxygen atoms in total. The minimum atomic E-state index is 0.174. The van der Waals surface area contributed by atoms with Crippen LogP contribution in [0.2, 0.25) is 5.02 Å². The second-order valence-corrected chi connectivity index (χ2v) is 6.43. The Bertz CT molecular complexity index is 426. The van der Waals surface area contributed by atoms with Crippen LogP contribution in [0, 0.1) is 23.2 Å². The van der Waals surface area contributed by atoms with Gasteiger partial charge in [-0.15, -0.1) is 11.8 Å². The summed E-state index contributed by atoms with van der Waals surface area (Å²) in [4.78, 5) is 1.11. The van der Waals surface area contributed by atoms with Crippen molar-refractivity contribution >= 4 is 23.4 Å². The summed E-state index contributed by atoms with van der Waals surface area (Å²) in [6.45, 7) is 2.27. The van der Waals surface area contributed by atoms with Crippen molar-refractivity contribution < 1.29 is 0 Å². The summed E-state index contributed by atoms with van der Waals surface area (Å²) in [5.41, 5.74) is 0. The smallest absolute Gasteiger partial charge is 0.0667 e. The van der Waals surface area contributed by atoms with Crippen LogP contribution in [0.15, 0.2) is 29.2 Å². The molecule has 17 heavy (non-hydrogen) atoms. The van der Waals surface area contributed by atoms with Gasteiger partial charge in [0.25, 0.3) is 0 Å². The Morgan fingerprint density at radius 3 is 2.82 bits per heavy atom. The Hall–Kier alpha value is -0.650. The first kappa shape index (κ1) is 12.8. The number of benzene rings is 1. The highest BCUT2D eigenvalue weighted by Crippen LogP contribution is 2.41. The largest absolute Gasteiger partial charge is 0.198 e. The van der Waals surface area contributed by atoms with E-state index >= 15 is 0 Å². The fourth-order valence-corrected chi connectivity index (χ4v) is 4.03. The molecule has 0 heterocycles. The van der Waals surface area contributed by atoms with Crippen LogP contribution >= 0.6 is 23.4 Å². The van der Waals surface area contributed by atoms with Crippen molar-refractivity contribution in [2.24, 2.45) is 11.8 Å². The Labute approximate surface area is 112 Å². The highest BCUT2D eigenvalue weighted by molar-refractivity contribution is 8.00. The van der Waals surface area contributed by atoms with Gasteiger partial charge in [-0.05, 0) is 37.3 Å². The Morgan fingerprint density at radius 1 is 1.35 bits per heavy atom. The van der Waals surface area contributed by atoms with E-state index in [-0.39, 0.29) is 5.92 Å². The van der Waals surface area contributed by atoms with Crippen molar-refractivity contribution in [1.29, 1.82) is 5.26 Å². The molecule has 0 spiro atoms. The van der Waals surface area contributed by atoms with Crippen molar-refractivity contribution in [3.63, 3.8) is 0 Å². The molecule has 0 N–H and O–H groups in total. The van der Waals surface area contributed by atoms with E-state index in [4.69, 9.17) is 11.6 Å². The third kappa shape index (κ3) is 3.18. The number of nitrogens with zero attached hydrogens (tertiary/aromatic N) is 1. The molecule has 1 fully saturated rings. The van der Waals surface area contributed by atoms with Gasteiger partial charge in [-0.2, -0.15) is 5.26 Å². The SMILES string of the molecule is CC1CCC(C#N)C(Sc2ccccc2Cl)C1. The normalized spacial score (nSPS) is 28.6. The van der Waals surface area contributed by atoms with Gasteiger partial charge < -0.3 is 0 Å². The van der Waals surface area contributed by atoms with Gasteiger partial charge in [0.2, 0.25) is 0 Å². The minimum Gasteiger partial charge on any atom is -0.198 e. The van der Waals surface area contributed by atoms with Crippen LogP contribution in [-0.4, -0.2) is 5.25 Å². The van der Waals surface area contributed by atoms with Crippen molar-refractivity contribution in [2.45, 2.75) is 36.3 Å². The van der Waals surface area contributed by atoms with Crippen LogP contribution < -0.4 is 0 Å². The second-order valence-electron chi connectivity index (χ2n) is 4.74. The molecule has 0 amide bonds. The lowest BCUT2D eigenvalue weighted by Crippen LogP contribution is -2.24. The highest BCUT2D eigenvalue weighted by atomic mass is 35.5. The van der Waals surface area contributed by atoms with Crippen LogP contribution in [0.4, 0.5) is 0 Å². The first-order valence-corrected chi connectivity index (χ1v) is 7.27. The van der Waals surface area contributed by atoms with E-state index in [9.17, 15) is 5.26 Å². The number of rotatable bonds is 2. The Morgan fingerprint density at radius 2 is 2.12 bits per heavy atom. The minimum absolute atomic E-state index is 0.174. The molecule has 2 rings (SSSR count). The van der Waals surface area contributed by atoms with Crippen LogP contribution in [0.3, 0.4) is 0 Å². The van der Waals surface area contributed by atoms with Gasteiger partial charge >= 0.3 is 0 Å². The number of halogens is 1. The summed E-state index contributed by atoms with van der Waals surface area (Å²) < 4.78 is 0. The van der Waals surface area contributed by atoms with Crippen molar-refractivity contribution in [1.82, 2.24) is 0 Å². The van der Waals surface area contributed by atoms with Gasteiger partial charge in [-0.3, -0.25) is 0 Å². The molecule has 90 valence electrons. The van der Waals surface area contributed by atoms with Crippen LogP contribution in [0.5, 0.6) is 0 Å². The number of nitriles is 1. The lowest BCUT2D eigenvalue weighted by Gasteiger charge is -2.30. The lowest BCUT2D eigenvalue weighted by atomic mass is 9.83. The maximum absolute atomic E-state index is 9.20. The zero-order chi connectivity index (χ0) is 12.3. The monoisotopic (exact) mass is 265 g/mol. The molecule has 0 saturated heterocycles. The summed E-state index contributed by atoms with van der Waals surface area (Å²) in [5.74, 6) is 0.895. The average molecular weight is 266 g/mol. The molecule has 1 aliphatic rings. The zero-order valence-electron chi connectivity index (χ0n) is 9.90. The molecule has 3 unspecified atom stereocenters. The summed E-state index contributed by atoms with van der Waals surface area (Å²) in [6, 6.07) is 10.4. The Kier molecular flexibility index (Phi) is 4.36.